The van der Waals surface area contributed by atoms with Crippen molar-refractivity contribution in [2.75, 3.05) is 20.2 Å². The number of hydrogen-bond acceptors (Lipinski definition) is 7. The molecular weight excluding hydrogens is 650 g/mol. The quantitative estimate of drug-likeness (QED) is 0.289. The van der Waals surface area contributed by atoms with Crippen LogP contribution in [0, 0.1) is 11.8 Å². The fourth-order valence-electron chi connectivity index (χ4n) is 7.67. The highest BCUT2D eigenvalue weighted by Gasteiger charge is 2.39. The number of benzene rings is 2. The highest BCUT2D eigenvalue weighted by atomic mass is 16.5. The Morgan fingerprint density at radius 1 is 0.725 bits per heavy atom. The zero-order chi connectivity index (χ0) is 37.1. The Morgan fingerprint density at radius 2 is 1.16 bits per heavy atom. The lowest BCUT2D eigenvalue weighted by Crippen LogP contribution is -2.53. The monoisotopic (exact) mass is 701 g/mol. The largest absolute Gasteiger partial charge is 0.453 e. The summed E-state index contributed by atoms with van der Waals surface area (Å²) in [5.41, 5.74) is 3.59. The first-order valence-corrected chi connectivity index (χ1v) is 18.0. The fourth-order valence-corrected chi connectivity index (χ4v) is 7.67. The van der Waals surface area contributed by atoms with Gasteiger partial charge in [-0.3, -0.25) is 24.0 Å². The van der Waals surface area contributed by atoms with Crippen LogP contribution in [0.5, 0.6) is 0 Å². The number of hydrogen-bond donors (Lipinski definition) is 2. The van der Waals surface area contributed by atoms with E-state index in [4.69, 9.17) is 4.74 Å². The smallest absolute Gasteiger partial charge is 0.407 e. The molecule has 4 amide bonds. The molecule has 12 heteroatoms. The lowest BCUT2D eigenvalue weighted by molar-refractivity contribution is -0.141. The van der Waals surface area contributed by atoms with Gasteiger partial charge in [-0.15, -0.1) is 0 Å². The number of carbonyl (C=O) groups is 6. The summed E-state index contributed by atoms with van der Waals surface area (Å²) in [6.07, 6.45) is 2.29. The van der Waals surface area contributed by atoms with Crippen LogP contribution in [-0.4, -0.2) is 94.1 Å². The molecule has 0 unspecified atom stereocenters. The highest BCUT2D eigenvalue weighted by Crippen LogP contribution is 2.31. The number of aryl methyl sites for hydroxylation is 1. The molecular formula is C39H51N5O7. The Kier molecular flexibility index (Phi) is 11.5. The third-order valence-electron chi connectivity index (χ3n) is 10.4. The SMILES string of the molecule is COC(=O)N[C@@H](C(=O)N1CCC[C@H]1C(=O)Cc1ccc2c3ccc(CC(=O)[C@@H]4CCCN4C(=O)[C@H](NC(C)=O)C(C)C)cc3n(C)c2c1)C(C)C. The van der Waals surface area contributed by atoms with Crippen molar-refractivity contribution in [2.45, 2.75) is 97.3 Å². The molecule has 0 saturated carbocycles. The van der Waals surface area contributed by atoms with Crippen LogP contribution in [0.2, 0.25) is 0 Å². The van der Waals surface area contributed by atoms with Gasteiger partial charge in [-0.1, -0.05) is 52.0 Å². The molecule has 3 heterocycles. The molecule has 0 radical (unpaired) electrons. The van der Waals surface area contributed by atoms with E-state index in [1.807, 2.05) is 71.1 Å². The number of nitrogens with zero attached hydrogens (tertiary/aromatic N) is 3. The summed E-state index contributed by atoms with van der Waals surface area (Å²) in [4.78, 5) is 81.1. The first-order chi connectivity index (χ1) is 24.2. The number of amides is 4. The summed E-state index contributed by atoms with van der Waals surface area (Å²) in [6, 6.07) is 9.42. The zero-order valence-electron chi connectivity index (χ0n) is 30.8. The van der Waals surface area contributed by atoms with Gasteiger partial charge >= 0.3 is 6.09 Å². The number of methoxy groups -OCH3 is 1. The molecule has 4 atom stereocenters. The zero-order valence-corrected chi connectivity index (χ0v) is 30.8. The molecule has 274 valence electrons. The van der Waals surface area contributed by atoms with E-state index in [1.165, 1.54) is 14.0 Å². The first kappa shape index (κ1) is 37.5. The van der Waals surface area contributed by atoms with Gasteiger partial charge < -0.3 is 29.7 Å². The molecule has 5 rings (SSSR count). The number of alkyl carbamates (subject to hydrolysis) is 1. The molecule has 2 aromatic carbocycles. The van der Waals surface area contributed by atoms with Crippen LogP contribution in [0.1, 0.15) is 71.4 Å². The van der Waals surface area contributed by atoms with E-state index in [0.717, 1.165) is 39.4 Å². The third-order valence-corrected chi connectivity index (χ3v) is 10.4. The average molecular weight is 702 g/mol. The highest BCUT2D eigenvalue weighted by molar-refractivity contribution is 6.09. The maximum absolute atomic E-state index is 13.6. The number of aromatic nitrogens is 1. The average Bonchev–Trinajstić information content (AvgIpc) is 3.84. The van der Waals surface area contributed by atoms with E-state index < -0.39 is 30.3 Å². The van der Waals surface area contributed by atoms with Crippen LogP contribution >= 0.6 is 0 Å². The van der Waals surface area contributed by atoms with Crippen LogP contribution < -0.4 is 10.6 Å². The van der Waals surface area contributed by atoms with Gasteiger partial charge in [0.1, 0.15) is 12.1 Å². The normalized spacial score (nSPS) is 18.8. The van der Waals surface area contributed by atoms with Crippen LogP contribution in [0.25, 0.3) is 21.8 Å². The molecule has 3 aromatic rings. The summed E-state index contributed by atoms with van der Waals surface area (Å²) in [5, 5.41) is 7.44. The molecule has 2 fully saturated rings. The van der Waals surface area contributed by atoms with Crippen molar-refractivity contribution >= 4 is 57.2 Å². The number of carbonyl (C=O) groups excluding carboxylic acids is 6. The number of likely N-dealkylation sites (tertiary alicyclic amines) is 2. The number of nitrogens with one attached hydrogen (secondary N) is 2. The molecule has 1 aromatic heterocycles. The van der Waals surface area contributed by atoms with Gasteiger partial charge in [0.2, 0.25) is 17.7 Å². The minimum Gasteiger partial charge on any atom is -0.453 e. The van der Waals surface area contributed by atoms with E-state index in [2.05, 4.69) is 15.2 Å². The van der Waals surface area contributed by atoms with Crippen molar-refractivity contribution in [3.05, 3.63) is 47.5 Å². The molecule has 51 heavy (non-hydrogen) atoms. The molecule has 0 aliphatic carbocycles. The van der Waals surface area contributed by atoms with E-state index in [1.54, 1.807) is 9.80 Å². The van der Waals surface area contributed by atoms with Crippen molar-refractivity contribution in [2.24, 2.45) is 18.9 Å². The molecule has 0 spiro atoms. The van der Waals surface area contributed by atoms with Crippen LogP contribution in [0.4, 0.5) is 4.79 Å². The second-order valence-corrected chi connectivity index (χ2v) is 14.7. The fraction of sp³-hybridized carbons (Fsp3) is 0.538. The Balaban J connectivity index is 1.31. The van der Waals surface area contributed by atoms with Crippen molar-refractivity contribution in [3.8, 4) is 0 Å². The maximum atomic E-state index is 13.6. The second-order valence-electron chi connectivity index (χ2n) is 14.7. The van der Waals surface area contributed by atoms with Crippen LogP contribution in [0.3, 0.4) is 0 Å². The van der Waals surface area contributed by atoms with E-state index in [-0.39, 0.29) is 54.0 Å². The van der Waals surface area contributed by atoms with E-state index in [0.29, 0.717) is 32.4 Å². The topological polar surface area (TPSA) is 147 Å². The summed E-state index contributed by atoms with van der Waals surface area (Å²) in [5.74, 6) is -1.11. The minimum atomic E-state index is -0.787. The van der Waals surface area contributed by atoms with E-state index in [9.17, 15) is 28.8 Å². The third kappa shape index (κ3) is 7.94. The predicted octanol–water partition coefficient (Wildman–Crippen LogP) is 4.08. The van der Waals surface area contributed by atoms with Crippen molar-refractivity contribution < 1.29 is 33.5 Å². The minimum absolute atomic E-state index is 0.0228. The molecule has 0 bridgehead atoms. The first-order valence-electron chi connectivity index (χ1n) is 18.0. The van der Waals surface area contributed by atoms with Crippen molar-refractivity contribution in [1.29, 1.82) is 0 Å². The molecule has 2 aliphatic heterocycles. The van der Waals surface area contributed by atoms with Crippen molar-refractivity contribution in [1.82, 2.24) is 25.0 Å². The Labute approximate surface area is 299 Å². The van der Waals surface area contributed by atoms with Gasteiger partial charge in [0.25, 0.3) is 0 Å². The molecule has 2 aliphatic rings. The van der Waals surface area contributed by atoms with E-state index >= 15 is 0 Å². The summed E-state index contributed by atoms with van der Waals surface area (Å²) < 4.78 is 6.78. The molecule has 2 saturated heterocycles. The van der Waals surface area contributed by atoms with Gasteiger partial charge in [-0.05, 0) is 60.8 Å². The molecule has 12 nitrogen and oxygen atoms in total. The number of ether oxygens (including phenoxy) is 1. The predicted molar refractivity (Wildman–Crippen MR) is 194 cm³/mol. The van der Waals surface area contributed by atoms with Crippen molar-refractivity contribution in [3.63, 3.8) is 0 Å². The Morgan fingerprint density at radius 3 is 1.55 bits per heavy atom. The summed E-state index contributed by atoms with van der Waals surface area (Å²) in [7, 11) is 3.22. The van der Waals surface area contributed by atoms with Gasteiger partial charge in [0, 0.05) is 61.7 Å². The maximum Gasteiger partial charge on any atom is 0.407 e. The van der Waals surface area contributed by atoms with Crippen LogP contribution in [-0.2, 0) is 48.6 Å². The standard InChI is InChI=1S/C39H51N5O7/c1-22(2)35(40-24(5)45)37(48)43-16-8-10-29(43)33(46)20-25-12-14-27-28-15-13-26(19-32(28)42(6)31(27)18-25)21-34(47)30-11-9-17-44(30)38(49)36(23(3)4)41-39(50)51-7/h12-15,18-19,22-23,29-30,35-36H,8-11,16-17,20-21H2,1-7H3,(H,40,45)(H,41,50)/t29-,30-,35+,36+/m0/s1. The lowest BCUT2D eigenvalue weighted by Gasteiger charge is -2.30. The van der Waals surface area contributed by atoms with Gasteiger partial charge in [0.05, 0.1) is 19.2 Å². The summed E-state index contributed by atoms with van der Waals surface area (Å²) in [6.45, 7) is 9.80. The number of Topliss-reactive ketones (excluding diaryl/α,β-unsaturated/α-hetero) is 2. The Hall–Kier alpha value is -4.74. The van der Waals surface area contributed by atoms with Crippen LogP contribution in [0.15, 0.2) is 36.4 Å². The van der Waals surface area contributed by atoms with Gasteiger partial charge in [0.15, 0.2) is 11.6 Å². The lowest BCUT2D eigenvalue weighted by atomic mass is 9.98. The second kappa shape index (κ2) is 15.7. The summed E-state index contributed by atoms with van der Waals surface area (Å²) >= 11 is 0. The number of ketones is 2. The van der Waals surface area contributed by atoms with Gasteiger partial charge in [-0.2, -0.15) is 0 Å². The number of rotatable bonds is 12. The van der Waals surface area contributed by atoms with Gasteiger partial charge in [-0.25, -0.2) is 4.79 Å². The molecule has 2 N–H and O–H groups in total. The number of fused-ring (bicyclic) bond motifs is 3. The Bertz CT molecular complexity index is 1850.